The normalized spacial score (nSPS) is 13.7. The number of carbonyl (C=O) groups excluding carboxylic acids is 1. The second kappa shape index (κ2) is 6.76. The first kappa shape index (κ1) is 14.3. The van der Waals surface area contributed by atoms with Crippen molar-refractivity contribution in [3.05, 3.63) is 0 Å². The molecule has 0 aromatic carbocycles. The van der Waals surface area contributed by atoms with Crippen molar-refractivity contribution in [1.29, 1.82) is 0 Å². The van der Waals surface area contributed by atoms with Crippen molar-refractivity contribution in [2.24, 2.45) is 0 Å². The molecule has 0 aliphatic heterocycles. The van der Waals surface area contributed by atoms with Crippen LogP contribution in [-0.4, -0.2) is 49.6 Å². The first-order valence-electron chi connectivity index (χ1n) is 4.93. The Morgan fingerprint density at radius 2 is 2.07 bits per heavy atom. The van der Waals surface area contributed by atoms with E-state index in [0.29, 0.717) is 0 Å². The molecule has 5 heteroatoms. The van der Waals surface area contributed by atoms with Crippen molar-refractivity contribution in [1.82, 2.24) is 5.32 Å². The monoisotopic (exact) mass is 219 g/mol. The highest BCUT2D eigenvalue weighted by molar-refractivity contribution is 5.77. The summed E-state index contributed by atoms with van der Waals surface area (Å²) < 4.78 is 9.98. The zero-order valence-corrected chi connectivity index (χ0v) is 9.87. The molecule has 5 nitrogen and oxygen atoms in total. The van der Waals surface area contributed by atoms with Gasteiger partial charge in [0.15, 0.2) is 0 Å². The summed E-state index contributed by atoms with van der Waals surface area (Å²) in [6.45, 7) is 6.02. The lowest BCUT2D eigenvalue weighted by Crippen LogP contribution is -2.38. The topological polar surface area (TPSA) is 67.8 Å². The van der Waals surface area contributed by atoms with E-state index in [2.05, 4.69) is 5.32 Å². The van der Waals surface area contributed by atoms with Crippen molar-refractivity contribution in [3.63, 3.8) is 0 Å². The molecule has 0 aliphatic rings. The molecule has 0 radical (unpaired) electrons. The van der Waals surface area contributed by atoms with Crippen molar-refractivity contribution in [2.75, 3.05) is 26.9 Å². The summed E-state index contributed by atoms with van der Waals surface area (Å²) in [6.07, 6.45) is -0.673. The molecular weight excluding hydrogens is 198 g/mol. The lowest BCUT2D eigenvalue weighted by Gasteiger charge is -2.19. The molecule has 0 heterocycles. The highest BCUT2D eigenvalue weighted by Gasteiger charge is 2.13. The predicted octanol–water partition coefficient (Wildman–Crippen LogP) is -0.0750. The van der Waals surface area contributed by atoms with Gasteiger partial charge >= 0.3 is 0 Å². The van der Waals surface area contributed by atoms with E-state index in [4.69, 9.17) is 9.47 Å². The van der Waals surface area contributed by atoms with Gasteiger partial charge in [-0.05, 0) is 20.8 Å². The Hall–Kier alpha value is -0.650. The minimum absolute atomic E-state index is 0.00318. The molecule has 90 valence electrons. The average Bonchev–Trinajstić information content (AvgIpc) is 2.11. The van der Waals surface area contributed by atoms with Crippen LogP contribution in [0.5, 0.6) is 0 Å². The van der Waals surface area contributed by atoms with Crippen LogP contribution in [0.3, 0.4) is 0 Å². The van der Waals surface area contributed by atoms with Crippen LogP contribution in [0, 0.1) is 0 Å². The molecule has 0 aliphatic carbocycles. The molecule has 1 amide bonds. The molecule has 0 rings (SSSR count). The molecule has 0 saturated heterocycles. The van der Waals surface area contributed by atoms with Crippen molar-refractivity contribution in [2.45, 2.75) is 32.5 Å². The molecular formula is C10H21NO4. The summed E-state index contributed by atoms with van der Waals surface area (Å²) in [5.41, 5.74) is -0.331. The summed E-state index contributed by atoms with van der Waals surface area (Å²) in [6, 6.07) is 0. The third-order valence-corrected chi connectivity index (χ3v) is 1.53. The van der Waals surface area contributed by atoms with Crippen LogP contribution in [0.15, 0.2) is 0 Å². The van der Waals surface area contributed by atoms with Gasteiger partial charge in [-0.25, -0.2) is 0 Å². The number of amides is 1. The van der Waals surface area contributed by atoms with E-state index in [0.717, 1.165) is 0 Å². The Balaban J connectivity index is 3.58. The van der Waals surface area contributed by atoms with E-state index < -0.39 is 6.10 Å². The quantitative estimate of drug-likeness (QED) is 0.656. The largest absolute Gasteiger partial charge is 0.389 e. The summed E-state index contributed by atoms with van der Waals surface area (Å²) in [5, 5.41) is 11.8. The number of ether oxygens (including phenoxy) is 2. The molecule has 0 spiro atoms. The van der Waals surface area contributed by atoms with E-state index in [1.807, 2.05) is 20.8 Å². The second-order valence-electron chi connectivity index (χ2n) is 4.31. The Kier molecular flexibility index (Phi) is 6.47. The molecule has 1 unspecified atom stereocenters. The van der Waals surface area contributed by atoms with E-state index in [-0.39, 0.29) is 31.3 Å². The highest BCUT2D eigenvalue weighted by atomic mass is 16.5. The lowest BCUT2D eigenvalue weighted by molar-refractivity contribution is -0.131. The number of aliphatic hydroxyl groups is 1. The van der Waals surface area contributed by atoms with Gasteiger partial charge in [-0.15, -0.1) is 0 Å². The van der Waals surface area contributed by atoms with Crippen LogP contribution in [-0.2, 0) is 14.3 Å². The molecule has 15 heavy (non-hydrogen) atoms. The van der Waals surface area contributed by atoms with Crippen molar-refractivity contribution < 1.29 is 19.4 Å². The Bertz CT molecular complexity index is 188. The smallest absolute Gasteiger partial charge is 0.246 e. The van der Waals surface area contributed by atoms with E-state index in [1.165, 1.54) is 7.11 Å². The fourth-order valence-electron chi connectivity index (χ4n) is 0.816. The first-order chi connectivity index (χ1) is 6.85. The molecule has 0 fully saturated rings. The zero-order chi connectivity index (χ0) is 11.9. The summed E-state index contributed by atoms with van der Waals surface area (Å²) in [5.74, 6) is -0.236. The summed E-state index contributed by atoms with van der Waals surface area (Å²) >= 11 is 0. The van der Waals surface area contributed by atoms with Gasteiger partial charge in [0.25, 0.3) is 0 Å². The molecule has 2 N–H and O–H groups in total. The molecule has 0 aromatic heterocycles. The number of methoxy groups -OCH3 is 1. The Morgan fingerprint density at radius 3 is 2.53 bits per heavy atom. The van der Waals surface area contributed by atoms with Crippen LogP contribution in [0.25, 0.3) is 0 Å². The van der Waals surface area contributed by atoms with Gasteiger partial charge in [-0.2, -0.15) is 0 Å². The number of hydrogen-bond acceptors (Lipinski definition) is 4. The fourth-order valence-corrected chi connectivity index (χ4v) is 0.816. The maximum atomic E-state index is 11.2. The van der Waals surface area contributed by atoms with Crippen LogP contribution in [0.1, 0.15) is 20.8 Å². The van der Waals surface area contributed by atoms with Gasteiger partial charge < -0.3 is 19.9 Å². The maximum absolute atomic E-state index is 11.2. The van der Waals surface area contributed by atoms with Crippen LogP contribution >= 0.6 is 0 Å². The van der Waals surface area contributed by atoms with Gasteiger partial charge in [0, 0.05) is 13.7 Å². The minimum atomic E-state index is -0.673. The van der Waals surface area contributed by atoms with E-state index >= 15 is 0 Å². The Morgan fingerprint density at radius 1 is 1.47 bits per heavy atom. The van der Waals surface area contributed by atoms with Gasteiger partial charge in [0.2, 0.25) is 5.91 Å². The van der Waals surface area contributed by atoms with Crippen LogP contribution in [0.2, 0.25) is 0 Å². The average molecular weight is 219 g/mol. The van der Waals surface area contributed by atoms with Crippen LogP contribution < -0.4 is 5.32 Å². The Labute approximate surface area is 90.8 Å². The van der Waals surface area contributed by atoms with E-state index in [9.17, 15) is 9.90 Å². The SMILES string of the molecule is COCC(O)CNC(=O)COC(C)(C)C. The molecule has 0 bridgehead atoms. The van der Waals surface area contributed by atoms with Gasteiger partial charge in [0.05, 0.1) is 18.3 Å². The number of hydrogen-bond donors (Lipinski definition) is 2. The summed E-state index contributed by atoms with van der Waals surface area (Å²) in [4.78, 5) is 11.2. The second-order valence-corrected chi connectivity index (χ2v) is 4.31. The first-order valence-corrected chi connectivity index (χ1v) is 4.93. The fraction of sp³-hybridized carbons (Fsp3) is 0.900. The summed E-state index contributed by atoms with van der Waals surface area (Å²) in [7, 11) is 1.49. The van der Waals surface area contributed by atoms with Crippen molar-refractivity contribution >= 4 is 5.91 Å². The maximum Gasteiger partial charge on any atom is 0.246 e. The molecule has 0 aromatic rings. The third kappa shape index (κ3) is 9.65. The van der Waals surface area contributed by atoms with Gasteiger partial charge in [0.1, 0.15) is 6.61 Å². The number of rotatable bonds is 6. The molecule has 0 saturated carbocycles. The lowest BCUT2D eigenvalue weighted by atomic mass is 10.2. The standard InChI is InChI=1S/C10H21NO4/c1-10(2,3)15-7-9(13)11-5-8(12)6-14-4/h8,12H,5-7H2,1-4H3,(H,11,13). The van der Waals surface area contributed by atoms with Gasteiger partial charge in [-0.1, -0.05) is 0 Å². The predicted molar refractivity (Wildman–Crippen MR) is 56.6 cm³/mol. The highest BCUT2D eigenvalue weighted by Crippen LogP contribution is 2.05. The minimum Gasteiger partial charge on any atom is -0.389 e. The third-order valence-electron chi connectivity index (χ3n) is 1.53. The van der Waals surface area contributed by atoms with Gasteiger partial charge in [-0.3, -0.25) is 4.79 Å². The van der Waals surface area contributed by atoms with E-state index in [1.54, 1.807) is 0 Å². The number of carbonyl (C=O) groups is 1. The van der Waals surface area contributed by atoms with Crippen molar-refractivity contribution in [3.8, 4) is 0 Å². The molecule has 1 atom stereocenters. The van der Waals surface area contributed by atoms with Crippen LogP contribution in [0.4, 0.5) is 0 Å². The number of aliphatic hydroxyl groups excluding tert-OH is 1. The number of nitrogens with one attached hydrogen (secondary N) is 1. The zero-order valence-electron chi connectivity index (χ0n) is 9.87.